The highest BCUT2D eigenvalue weighted by molar-refractivity contribution is 5.87. The molecule has 1 heterocycles. The molecule has 1 atom stereocenters. The molecule has 5 nitrogen and oxygen atoms in total. The predicted octanol–water partition coefficient (Wildman–Crippen LogP) is 4.02. The van der Waals surface area contributed by atoms with Crippen LogP contribution in [0.15, 0.2) is 24.3 Å². The third-order valence-corrected chi connectivity index (χ3v) is 5.21. The second kappa shape index (κ2) is 8.39. The van der Waals surface area contributed by atoms with Crippen LogP contribution in [0.3, 0.4) is 0 Å². The summed E-state index contributed by atoms with van der Waals surface area (Å²) in [5, 5.41) is 3.95. The van der Waals surface area contributed by atoms with E-state index in [0.717, 1.165) is 22.3 Å². The summed E-state index contributed by atoms with van der Waals surface area (Å²) in [5.74, 6) is 1.91. The minimum absolute atomic E-state index is 0.00677. The molecule has 1 amide bonds. The Labute approximate surface area is 155 Å². The van der Waals surface area contributed by atoms with Gasteiger partial charge in [0.2, 0.25) is 0 Å². The van der Waals surface area contributed by atoms with E-state index < -0.39 is 0 Å². The number of benzene rings is 1. The van der Waals surface area contributed by atoms with Gasteiger partial charge in [0.05, 0.1) is 12.6 Å². The molecular weight excluding hydrogens is 328 g/mol. The Morgan fingerprint density at radius 3 is 2.77 bits per heavy atom. The topological polar surface area (TPSA) is 60.5 Å². The van der Waals surface area contributed by atoms with E-state index in [1.165, 1.54) is 32.1 Å². The number of methoxy groups -OCH3 is 1. The lowest BCUT2D eigenvalue weighted by Gasteiger charge is -2.28. The van der Waals surface area contributed by atoms with Crippen molar-refractivity contribution in [1.29, 1.82) is 0 Å². The van der Waals surface area contributed by atoms with Crippen molar-refractivity contribution < 1.29 is 14.3 Å². The summed E-state index contributed by atoms with van der Waals surface area (Å²) in [7, 11) is 1.63. The molecule has 1 aliphatic carbocycles. The number of pyridine rings is 1. The van der Waals surface area contributed by atoms with Gasteiger partial charge in [0, 0.05) is 23.2 Å². The highest BCUT2D eigenvalue weighted by Crippen LogP contribution is 2.29. The monoisotopic (exact) mass is 356 g/mol. The van der Waals surface area contributed by atoms with Crippen molar-refractivity contribution in [2.24, 2.45) is 5.92 Å². The number of carbonyl (C=O) groups excluding carboxylic acids is 1. The molecule has 140 valence electrons. The molecule has 5 heteroatoms. The van der Waals surface area contributed by atoms with Gasteiger partial charge in [-0.05, 0) is 50.8 Å². The Hall–Kier alpha value is -2.30. The van der Waals surface area contributed by atoms with Gasteiger partial charge in [-0.25, -0.2) is 0 Å². The van der Waals surface area contributed by atoms with Gasteiger partial charge in [0.1, 0.15) is 11.5 Å². The van der Waals surface area contributed by atoms with Crippen molar-refractivity contribution in [3.05, 3.63) is 30.0 Å². The van der Waals surface area contributed by atoms with Crippen LogP contribution >= 0.6 is 0 Å². The van der Waals surface area contributed by atoms with Crippen molar-refractivity contribution in [1.82, 2.24) is 10.3 Å². The summed E-state index contributed by atoms with van der Waals surface area (Å²) in [6.45, 7) is 4.03. The Balaban J connectivity index is 1.65. The van der Waals surface area contributed by atoms with Gasteiger partial charge in [-0.3, -0.25) is 9.78 Å². The highest BCUT2D eigenvalue weighted by Gasteiger charge is 2.21. The smallest absolute Gasteiger partial charge is 0.258 e. The van der Waals surface area contributed by atoms with Gasteiger partial charge in [0.25, 0.3) is 5.91 Å². The number of amides is 1. The van der Waals surface area contributed by atoms with Crippen LogP contribution in [0.5, 0.6) is 11.5 Å². The number of nitrogens with one attached hydrogen (secondary N) is 1. The van der Waals surface area contributed by atoms with Crippen LogP contribution < -0.4 is 14.8 Å². The maximum Gasteiger partial charge on any atom is 0.258 e. The van der Waals surface area contributed by atoms with E-state index in [-0.39, 0.29) is 18.6 Å². The van der Waals surface area contributed by atoms with Crippen LogP contribution in [0.4, 0.5) is 0 Å². The molecule has 1 N–H and O–H groups in total. The number of carbonyl (C=O) groups is 1. The average Bonchev–Trinajstić information content (AvgIpc) is 2.66. The number of fused-ring (bicyclic) bond motifs is 1. The molecule has 2 aromatic rings. The summed E-state index contributed by atoms with van der Waals surface area (Å²) >= 11 is 0. The van der Waals surface area contributed by atoms with Crippen LogP contribution in [0.2, 0.25) is 0 Å². The molecule has 0 aliphatic heterocycles. The zero-order chi connectivity index (χ0) is 18.5. The Morgan fingerprint density at radius 2 is 2.04 bits per heavy atom. The van der Waals surface area contributed by atoms with Crippen LogP contribution in [-0.2, 0) is 4.79 Å². The fourth-order valence-electron chi connectivity index (χ4n) is 3.74. The fraction of sp³-hybridized carbons (Fsp3) is 0.524. The van der Waals surface area contributed by atoms with Gasteiger partial charge in [0.15, 0.2) is 6.61 Å². The standard InChI is InChI=1S/C21H28N2O3/c1-14-11-20(18-12-17(25-3)9-10-19(18)22-14)26-13-21(24)23-15(2)16-7-5-4-6-8-16/h9-12,15-16H,4-8,13H2,1-3H3,(H,23,24)/t15-/m1/s1. The number of aromatic nitrogens is 1. The van der Waals surface area contributed by atoms with Gasteiger partial charge < -0.3 is 14.8 Å². The molecule has 1 saturated carbocycles. The molecule has 1 aliphatic rings. The van der Waals surface area contributed by atoms with Crippen molar-refractivity contribution in [3.63, 3.8) is 0 Å². The van der Waals surface area contributed by atoms with Crippen LogP contribution in [0.25, 0.3) is 10.9 Å². The van der Waals surface area contributed by atoms with Gasteiger partial charge in [-0.15, -0.1) is 0 Å². The van der Waals surface area contributed by atoms with Crippen LogP contribution in [0, 0.1) is 12.8 Å². The Kier molecular flexibility index (Phi) is 5.96. The molecule has 0 unspecified atom stereocenters. The molecule has 0 radical (unpaired) electrons. The highest BCUT2D eigenvalue weighted by atomic mass is 16.5. The van der Waals surface area contributed by atoms with E-state index in [2.05, 4.69) is 17.2 Å². The minimum Gasteiger partial charge on any atom is -0.497 e. The van der Waals surface area contributed by atoms with Crippen molar-refractivity contribution in [2.75, 3.05) is 13.7 Å². The molecule has 0 bridgehead atoms. The van der Waals surface area contributed by atoms with E-state index in [0.29, 0.717) is 11.7 Å². The maximum absolute atomic E-state index is 12.3. The van der Waals surface area contributed by atoms with E-state index in [1.54, 1.807) is 7.11 Å². The number of nitrogens with zero attached hydrogens (tertiary/aromatic N) is 1. The molecule has 1 aromatic heterocycles. The summed E-state index contributed by atoms with van der Waals surface area (Å²) in [6, 6.07) is 7.72. The fourth-order valence-corrected chi connectivity index (χ4v) is 3.74. The lowest BCUT2D eigenvalue weighted by atomic mass is 9.84. The summed E-state index contributed by atoms with van der Waals surface area (Å²) < 4.78 is 11.1. The summed E-state index contributed by atoms with van der Waals surface area (Å²) in [4.78, 5) is 16.8. The molecule has 0 spiro atoms. The number of aryl methyl sites for hydroxylation is 1. The predicted molar refractivity (Wildman–Crippen MR) is 103 cm³/mol. The van der Waals surface area contributed by atoms with E-state index in [1.807, 2.05) is 31.2 Å². The lowest BCUT2D eigenvalue weighted by Crippen LogP contribution is -2.41. The quantitative estimate of drug-likeness (QED) is 0.849. The van der Waals surface area contributed by atoms with Crippen molar-refractivity contribution in [2.45, 2.75) is 52.0 Å². The first-order chi connectivity index (χ1) is 12.6. The second-order valence-corrected chi connectivity index (χ2v) is 7.19. The largest absolute Gasteiger partial charge is 0.497 e. The normalized spacial score (nSPS) is 16.3. The molecule has 0 saturated heterocycles. The summed E-state index contributed by atoms with van der Waals surface area (Å²) in [5.41, 5.74) is 1.69. The summed E-state index contributed by atoms with van der Waals surface area (Å²) in [6.07, 6.45) is 6.27. The second-order valence-electron chi connectivity index (χ2n) is 7.19. The molecule has 1 aromatic carbocycles. The number of ether oxygens (including phenoxy) is 2. The first-order valence-electron chi connectivity index (χ1n) is 9.44. The minimum atomic E-state index is -0.0754. The Morgan fingerprint density at radius 1 is 1.27 bits per heavy atom. The van der Waals surface area contributed by atoms with Crippen molar-refractivity contribution >= 4 is 16.8 Å². The van der Waals surface area contributed by atoms with E-state index in [9.17, 15) is 4.79 Å². The van der Waals surface area contributed by atoms with E-state index in [4.69, 9.17) is 9.47 Å². The van der Waals surface area contributed by atoms with Crippen LogP contribution in [-0.4, -0.2) is 30.6 Å². The van der Waals surface area contributed by atoms with Gasteiger partial charge in [-0.2, -0.15) is 0 Å². The third-order valence-electron chi connectivity index (χ3n) is 5.21. The van der Waals surface area contributed by atoms with Crippen molar-refractivity contribution in [3.8, 4) is 11.5 Å². The Bertz CT molecular complexity index is 769. The number of hydrogen-bond donors (Lipinski definition) is 1. The molecule has 1 fully saturated rings. The van der Waals surface area contributed by atoms with Gasteiger partial charge >= 0.3 is 0 Å². The van der Waals surface area contributed by atoms with Gasteiger partial charge in [-0.1, -0.05) is 19.3 Å². The first-order valence-corrected chi connectivity index (χ1v) is 9.44. The van der Waals surface area contributed by atoms with Crippen LogP contribution in [0.1, 0.15) is 44.7 Å². The zero-order valence-electron chi connectivity index (χ0n) is 15.9. The lowest BCUT2D eigenvalue weighted by molar-refractivity contribution is -0.124. The molecular formula is C21H28N2O3. The average molecular weight is 356 g/mol. The third kappa shape index (κ3) is 4.45. The number of rotatable bonds is 6. The zero-order valence-corrected chi connectivity index (χ0v) is 15.9. The molecule has 3 rings (SSSR count). The SMILES string of the molecule is COc1ccc2nc(C)cc(OCC(=O)N[C@H](C)C3CCCCC3)c2c1. The number of hydrogen-bond acceptors (Lipinski definition) is 4. The van der Waals surface area contributed by atoms with E-state index >= 15 is 0 Å². The first kappa shape index (κ1) is 18.5. The maximum atomic E-state index is 12.3. The molecule has 26 heavy (non-hydrogen) atoms.